The first kappa shape index (κ1) is 15.7. The summed E-state index contributed by atoms with van der Waals surface area (Å²) in [6.07, 6.45) is -4.21. The molecule has 2 amide bonds. The molecule has 1 aliphatic rings. The molecule has 0 saturated carbocycles. The zero-order valence-corrected chi connectivity index (χ0v) is 10.1. The first-order valence-electron chi connectivity index (χ1n) is 5.78. The minimum atomic E-state index is -4.47. The largest absolute Gasteiger partial charge is 0.405 e. The van der Waals surface area contributed by atoms with Gasteiger partial charge in [-0.2, -0.15) is 13.2 Å². The third kappa shape index (κ3) is 5.88. The van der Waals surface area contributed by atoms with E-state index in [0.717, 1.165) is 0 Å². The third-order valence-electron chi connectivity index (χ3n) is 2.57. The van der Waals surface area contributed by atoms with E-state index in [-0.39, 0.29) is 6.10 Å². The van der Waals surface area contributed by atoms with Gasteiger partial charge >= 0.3 is 6.18 Å². The molecule has 0 aliphatic carbocycles. The van der Waals surface area contributed by atoms with Crippen LogP contribution in [0.2, 0.25) is 0 Å². The Hall–Kier alpha value is -1.35. The van der Waals surface area contributed by atoms with Gasteiger partial charge < -0.3 is 21.1 Å². The SMILES string of the molecule is NC[C@H]1CC[C@@H](C(=O)NCC(=O)NCC(F)(F)F)O1. The van der Waals surface area contributed by atoms with Crippen LogP contribution < -0.4 is 16.4 Å². The van der Waals surface area contributed by atoms with Gasteiger partial charge in [-0.15, -0.1) is 0 Å². The number of hydrogen-bond donors (Lipinski definition) is 3. The minimum Gasteiger partial charge on any atom is -0.364 e. The predicted octanol–water partition coefficient (Wildman–Crippen LogP) is -0.713. The highest BCUT2D eigenvalue weighted by atomic mass is 19.4. The van der Waals surface area contributed by atoms with E-state index in [2.05, 4.69) is 5.32 Å². The fourth-order valence-corrected chi connectivity index (χ4v) is 1.61. The maximum Gasteiger partial charge on any atom is 0.405 e. The van der Waals surface area contributed by atoms with Crippen LogP contribution in [-0.4, -0.2) is 49.8 Å². The highest BCUT2D eigenvalue weighted by molar-refractivity contribution is 5.87. The Morgan fingerprint density at radius 2 is 1.95 bits per heavy atom. The van der Waals surface area contributed by atoms with Crippen LogP contribution in [0.25, 0.3) is 0 Å². The van der Waals surface area contributed by atoms with Crippen molar-refractivity contribution in [1.29, 1.82) is 0 Å². The van der Waals surface area contributed by atoms with Crippen LogP contribution in [0.4, 0.5) is 13.2 Å². The fraction of sp³-hybridized carbons (Fsp3) is 0.800. The molecule has 0 unspecified atom stereocenters. The Kier molecular flexibility index (Phi) is 5.55. The Bertz CT molecular complexity index is 336. The summed E-state index contributed by atoms with van der Waals surface area (Å²) in [6, 6.07) is 0. The lowest BCUT2D eigenvalue weighted by Gasteiger charge is -2.13. The number of alkyl halides is 3. The molecular formula is C10H16F3N3O3. The predicted molar refractivity (Wildman–Crippen MR) is 59.0 cm³/mol. The second kappa shape index (κ2) is 6.71. The Balaban J connectivity index is 2.21. The van der Waals surface area contributed by atoms with Crippen LogP contribution in [0.3, 0.4) is 0 Å². The molecule has 0 spiro atoms. The number of carbonyl (C=O) groups excluding carboxylic acids is 2. The van der Waals surface area contributed by atoms with Gasteiger partial charge in [0.05, 0.1) is 12.6 Å². The average Bonchev–Trinajstić information content (AvgIpc) is 2.81. The van der Waals surface area contributed by atoms with E-state index < -0.39 is 37.2 Å². The zero-order chi connectivity index (χ0) is 14.5. The quantitative estimate of drug-likeness (QED) is 0.621. The molecule has 19 heavy (non-hydrogen) atoms. The van der Waals surface area contributed by atoms with Crippen molar-refractivity contribution < 1.29 is 27.5 Å². The van der Waals surface area contributed by atoms with E-state index in [1.165, 1.54) is 0 Å². The molecule has 0 aromatic rings. The minimum absolute atomic E-state index is 0.185. The summed E-state index contributed by atoms with van der Waals surface area (Å²) < 4.78 is 40.7. The van der Waals surface area contributed by atoms with Crippen LogP contribution in [0.15, 0.2) is 0 Å². The van der Waals surface area contributed by atoms with Gasteiger partial charge in [-0.1, -0.05) is 0 Å². The van der Waals surface area contributed by atoms with Gasteiger partial charge in [-0.05, 0) is 12.8 Å². The van der Waals surface area contributed by atoms with Gasteiger partial charge in [0.1, 0.15) is 12.6 Å². The lowest BCUT2D eigenvalue weighted by atomic mass is 10.2. The number of nitrogens with one attached hydrogen (secondary N) is 2. The summed E-state index contributed by atoms with van der Waals surface area (Å²) in [4.78, 5) is 22.6. The maximum absolute atomic E-state index is 11.8. The van der Waals surface area contributed by atoms with Crippen molar-refractivity contribution in [3.8, 4) is 0 Å². The molecule has 2 atom stereocenters. The molecule has 1 aliphatic heterocycles. The van der Waals surface area contributed by atoms with E-state index >= 15 is 0 Å². The standard InChI is InChI=1S/C10H16F3N3O3/c11-10(12,13)5-16-8(17)4-15-9(18)7-2-1-6(3-14)19-7/h6-7H,1-5,14H2,(H,15,18)(H,16,17)/t6-,7+/m1/s1. The molecule has 6 nitrogen and oxygen atoms in total. The van der Waals surface area contributed by atoms with E-state index in [9.17, 15) is 22.8 Å². The number of hydrogen-bond acceptors (Lipinski definition) is 4. The van der Waals surface area contributed by atoms with Gasteiger partial charge in [0.15, 0.2) is 0 Å². The number of carbonyl (C=O) groups is 2. The van der Waals surface area contributed by atoms with Crippen molar-refractivity contribution in [1.82, 2.24) is 10.6 Å². The average molecular weight is 283 g/mol. The lowest BCUT2D eigenvalue weighted by molar-refractivity contribution is -0.139. The molecule has 110 valence electrons. The van der Waals surface area contributed by atoms with E-state index in [4.69, 9.17) is 10.5 Å². The molecular weight excluding hydrogens is 267 g/mol. The van der Waals surface area contributed by atoms with E-state index in [0.29, 0.717) is 19.4 Å². The van der Waals surface area contributed by atoms with Crippen molar-refractivity contribution in [2.45, 2.75) is 31.2 Å². The van der Waals surface area contributed by atoms with E-state index in [1.54, 1.807) is 5.32 Å². The highest BCUT2D eigenvalue weighted by Crippen LogP contribution is 2.18. The van der Waals surface area contributed by atoms with Crippen molar-refractivity contribution in [3.63, 3.8) is 0 Å². The van der Waals surface area contributed by atoms with Crippen molar-refractivity contribution >= 4 is 11.8 Å². The number of amides is 2. The summed E-state index contributed by atoms with van der Waals surface area (Å²) in [5.74, 6) is -1.42. The molecule has 0 aromatic heterocycles. The van der Waals surface area contributed by atoms with Crippen LogP contribution in [-0.2, 0) is 14.3 Å². The number of rotatable bonds is 5. The van der Waals surface area contributed by atoms with Gasteiger partial charge in [-0.25, -0.2) is 0 Å². The van der Waals surface area contributed by atoms with Gasteiger partial charge in [0.25, 0.3) is 0 Å². The number of ether oxygens (including phenoxy) is 1. The Labute approximate surface area is 107 Å². The highest BCUT2D eigenvalue weighted by Gasteiger charge is 2.30. The normalized spacial score (nSPS) is 23.2. The summed E-state index contributed by atoms with van der Waals surface area (Å²) in [5, 5.41) is 3.87. The second-order valence-electron chi connectivity index (χ2n) is 4.17. The Morgan fingerprint density at radius 3 is 2.47 bits per heavy atom. The monoisotopic (exact) mass is 283 g/mol. The summed E-state index contributed by atoms with van der Waals surface area (Å²) in [5.41, 5.74) is 5.37. The van der Waals surface area contributed by atoms with Crippen molar-refractivity contribution in [3.05, 3.63) is 0 Å². The summed E-state index contributed by atoms with van der Waals surface area (Å²) in [7, 11) is 0. The molecule has 9 heteroatoms. The maximum atomic E-state index is 11.8. The molecule has 1 heterocycles. The first-order chi connectivity index (χ1) is 8.81. The summed E-state index contributed by atoms with van der Waals surface area (Å²) >= 11 is 0. The van der Waals surface area contributed by atoms with Crippen LogP contribution in [0.5, 0.6) is 0 Å². The Morgan fingerprint density at radius 1 is 1.26 bits per heavy atom. The number of nitrogens with two attached hydrogens (primary N) is 1. The molecule has 1 saturated heterocycles. The van der Waals surface area contributed by atoms with Crippen molar-refractivity contribution in [2.24, 2.45) is 5.73 Å². The lowest BCUT2D eigenvalue weighted by Crippen LogP contribution is -2.43. The van der Waals surface area contributed by atoms with Gasteiger partial charge in [0.2, 0.25) is 11.8 Å². The molecule has 0 aromatic carbocycles. The van der Waals surface area contributed by atoms with Crippen molar-refractivity contribution in [2.75, 3.05) is 19.6 Å². The second-order valence-corrected chi connectivity index (χ2v) is 4.17. The smallest absolute Gasteiger partial charge is 0.364 e. The fourth-order valence-electron chi connectivity index (χ4n) is 1.61. The van der Waals surface area contributed by atoms with E-state index in [1.807, 2.05) is 0 Å². The van der Waals surface area contributed by atoms with Gasteiger partial charge in [0, 0.05) is 6.54 Å². The first-order valence-corrected chi connectivity index (χ1v) is 5.78. The molecule has 1 rings (SSSR count). The topological polar surface area (TPSA) is 93.5 Å². The number of halogens is 3. The van der Waals surface area contributed by atoms with Gasteiger partial charge in [-0.3, -0.25) is 9.59 Å². The summed E-state index contributed by atoms with van der Waals surface area (Å²) in [6.45, 7) is -1.63. The third-order valence-corrected chi connectivity index (χ3v) is 2.57. The molecule has 1 fully saturated rings. The zero-order valence-electron chi connectivity index (χ0n) is 10.1. The molecule has 0 radical (unpaired) electrons. The van der Waals surface area contributed by atoms with Crippen LogP contribution >= 0.6 is 0 Å². The van der Waals surface area contributed by atoms with Crippen LogP contribution in [0, 0.1) is 0 Å². The van der Waals surface area contributed by atoms with Crippen LogP contribution in [0.1, 0.15) is 12.8 Å². The molecule has 0 bridgehead atoms. The molecule has 4 N–H and O–H groups in total.